The Labute approximate surface area is 337 Å². The van der Waals surface area contributed by atoms with E-state index in [0.29, 0.717) is 7.29 Å². The molecule has 0 bridgehead atoms. The van der Waals surface area contributed by atoms with Crippen LogP contribution in [0.5, 0.6) is 0 Å². The fourth-order valence-corrected chi connectivity index (χ4v) is 24.4. The summed E-state index contributed by atoms with van der Waals surface area (Å²) in [7, 11) is -10.8. The minimum atomic E-state index is -3.80. The zero-order valence-corrected chi connectivity index (χ0v) is 39.7. The molecular formula is C30H37BrI3N6O10PS2. The molecule has 23 heteroatoms. The molecule has 0 saturated heterocycles. The Morgan fingerprint density at radius 3 is 1.49 bits per heavy atom. The first-order valence-corrected chi connectivity index (χ1v) is 33.4. The van der Waals surface area contributed by atoms with E-state index < -0.39 is 91.6 Å². The second-order valence-corrected chi connectivity index (χ2v) is 33.5. The van der Waals surface area contributed by atoms with Crippen molar-refractivity contribution in [1.29, 1.82) is 0 Å². The van der Waals surface area contributed by atoms with Crippen LogP contribution >= 0.6 is 78.1 Å². The third-order valence-electron chi connectivity index (χ3n) is 5.16. The van der Waals surface area contributed by atoms with Gasteiger partial charge in [0.25, 0.3) is 0 Å². The molecule has 1 unspecified atom stereocenters. The number of carbonyl (C=O) groups is 1. The average Bonchev–Trinajstić information content (AvgIpc) is 3.11. The zero-order chi connectivity index (χ0) is 40.2. The van der Waals surface area contributed by atoms with Crippen molar-refractivity contribution in [2.75, 3.05) is 32.4 Å². The molecule has 0 aliphatic heterocycles. The summed E-state index contributed by atoms with van der Waals surface area (Å²) in [6.07, 6.45) is 1.89. The molecule has 0 N–H and O–H groups in total. The van der Waals surface area contributed by atoms with E-state index in [2.05, 4.69) is 27.1 Å². The molecule has 0 radical (unpaired) electrons. The number of esters is 1. The van der Waals surface area contributed by atoms with Crippen LogP contribution in [0.3, 0.4) is 0 Å². The SMILES string of the molecule is CC(=[N+]=[N-])I(OS(C)(=O)=O)c1ccccc1.CCOC(=O)C(=[N+]=[N-])I(Br)c1ccccc1.CCOP(C)(=O)C(=[N+]=[N-])I(OS(C)(=O)=O)c1ccccc1. The quantitative estimate of drug-likeness (QED) is 0.0361. The average molecular weight is 1200 g/mol. The van der Waals surface area contributed by atoms with Crippen LogP contribution in [0.4, 0.5) is 0 Å². The van der Waals surface area contributed by atoms with Crippen molar-refractivity contribution in [2.24, 2.45) is 0 Å². The number of hydrogen-bond acceptors (Lipinski definition) is 10. The monoisotopic (exact) mass is 1200 g/mol. The van der Waals surface area contributed by atoms with Crippen LogP contribution in [0.2, 0.25) is 0 Å². The molecule has 3 aromatic rings. The molecule has 0 saturated carbocycles. The molecule has 3 rings (SSSR count). The normalized spacial score (nSPS) is 12.5. The van der Waals surface area contributed by atoms with E-state index in [4.69, 9.17) is 25.3 Å². The van der Waals surface area contributed by atoms with Crippen molar-refractivity contribution in [1.82, 2.24) is 0 Å². The number of ether oxygens (including phenoxy) is 1. The zero-order valence-electron chi connectivity index (χ0n) is 29.1. The van der Waals surface area contributed by atoms with Crippen molar-refractivity contribution in [3.05, 3.63) is 118 Å². The van der Waals surface area contributed by atoms with Gasteiger partial charge in [-0.3, -0.25) is 0 Å². The Balaban J connectivity index is 0.000000403. The molecule has 53 heavy (non-hydrogen) atoms. The number of nitrogens with zero attached hydrogens (tertiary/aromatic N) is 6. The Kier molecular flexibility index (Phi) is 22.6. The van der Waals surface area contributed by atoms with E-state index in [0.717, 1.165) is 19.7 Å². The van der Waals surface area contributed by atoms with Crippen molar-refractivity contribution in [3.8, 4) is 0 Å². The third kappa shape index (κ3) is 18.4. The Bertz CT molecular complexity index is 2090. The van der Waals surface area contributed by atoms with Crippen LogP contribution in [0, 0.1) is 10.7 Å². The molecule has 16 nitrogen and oxygen atoms in total. The van der Waals surface area contributed by atoms with Gasteiger partial charge in [0, 0.05) is 0 Å². The molecule has 0 fully saturated rings. The predicted octanol–water partition coefficient (Wildman–Crippen LogP) is 7.55. The number of hydrogen-bond donors (Lipinski definition) is 0. The second-order valence-electron chi connectivity index (χ2n) is 9.50. The number of benzene rings is 3. The molecular weight excluding hydrogens is 1160 g/mol. The van der Waals surface area contributed by atoms with Gasteiger partial charge in [0.1, 0.15) is 0 Å². The van der Waals surface area contributed by atoms with Crippen LogP contribution in [-0.2, 0) is 43.9 Å². The third-order valence-corrected chi connectivity index (χ3v) is 31.1. The van der Waals surface area contributed by atoms with E-state index in [1.165, 1.54) is 6.66 Å². The van der Waals surface area contributed by atoms with Crippen LogP contribution in [0.1, 0.15) is 20.8 Å². The van der Waals surface area contributed by atoms with Crippen LogP contribution in [-0.4, -0.2) is 80.5 Å². The van der Waals surface area contributed by atoms with E-state index in [1.807, 2.05) is 36.4 Å². The van der Waals surface area contributed by atoms with Gasteiger partial charge in [0.05, 0.1) is 0 Å². The first-order chi connectivity index (χ1) is 24.8. The summed E-state index contributed by atoms with van der Waals surface area (Å²) >= 11 is -4.43. The van der Waals surface area contributed by atoms with Crippen molar-refractivity contribution < 1.29 is 54.9 Å². The molecule has 292 valence electrons. The van der Waals surface area contributed by atoms with Crippen molar-refractivity contribution in [3.63, 3.8) is 0 Å². The molecule has 0 amide bonds. The fourth-order valence-electron chi connectivity index (χ4n) is 3.24. The summed E-state index contributed by atoms with van der Waals surface area (Å²) in [5.41, 5.74) is 26.8. The predicted molar refractivity (Wildman–Crippen MR) is 232 cm³/mol. The fraction of sp³-hybridized carbons (Fsp3) is 0.267. The van der Waals surface area contributed by atoms with E-state index in [-0.39, 0.29) is 20.4 Å². The van der Waals surface area contributed by atoms with Gasteiger partial charge in [-0.25, -0.2) is 0 Å². The second kappa shape index (κ2) is 24.5. The van der Waals surface area contributed by atoms with Crippen LogP contribution < -0.4 is 0 Å². The summed E-state index contributed by atoms with van der Waals surface area (Å²) in [6.45, 7) is 6.60. The molecule has 0 heterocycles. The van der Waals surface area contributed by atoms with Crippen LogP contribution in [0.15, 0.2) is 91.0 Å². The molecule has 0 aliphatic rings. The Morgan fingerprint density at radius 2 is 1.13 bits per heavy atom. The molecule has 0 aromatic heterocycles. The van der Waals surface area contributed by atoms with Crippen molar-refractivity contribution in [2.45, 2.75) is 20.8 Å². The van der Waals surface area contributed by atoms with Crippen LogP contribution in [0.25, 0.3) is 16.6 Å². The van der Waals surface area contributed by atoms with E-state index in [1.54, 1.807) is 75.4 Å². The first kappa shape index (κ1) is 49.0. The molecule has 1 atom stereocenters. The standard InChI is InChI=1S/C11H16IN2O5PS.C10H10BrIN2O2.C9H11IN2O3S/c1-4-18-20(2,15)11(14-13)12(19-21(3,16)17)10-8-6-5-7-9-10;1-2-16-10(15)9(14-13)12(11)8-6-4-3-5-7-8;1-8(12-11)10(15-16(2,13)14)9-6-4-3-5-7-9/h5-9H,4H2,1-3H3;3-7H,2H2,1H3;3-7H,1-2H3. The van der Waals surface area contributed by atoms with Gasteiger partial charge in [-0.2, -0.15) is 0 Å². The summed E-state index contributed by atoms with van der Waals surface area (Å²) < 4.78 is 80.2. The maximum atomic E-state index is 12.5. The minimum absolute atomic E-state index is 0.0947. The molecule has 0 spiro atoms. The van der Waals surface area contributed by atoms with Gasteiger partial charge >= 0.3 is 342 Å². The topological polar surface area (TPSA) is 249 Å². The van der Waals surface area contributed by atoms with Gasteiger partial charge in [-0.05, 0) is 0 Å². The van der Waals surface area contributed by atoms with E-state index >= 15 is 0 Å². The first-order valence-electron chi connectivity index (χ1n) is 14.6. The number of rotatable bonds is 15. The maximum absolute atomic E-state index is 12.5. The van der Waals surface area contributed by atoms with Crippen molar-refractivity contribution >= 4 is 115 Å². The van der Waals surface area contributed by atoms with Gasteiger partial charge in [0.2, 0.25) is 0 Å². The Hall–Kier alpha value is -2.05. The molecule has 3 aromatic carbocycles. The van der Waals surface area contributed by atoms with Gasteiger partial charge in [-0.1, -0.05) is 0 Å². The Morgan fingerprint density at radius 1 is 0.717 bits per heavy atom. The summed E-state index contributed by atoms with van der Waals surface area (Å²) in [4.78, 5) is 20.6. The summed E-state index contributed by atoms with van der Waals surface area (Å²) in [5.74, 6) is -0.559. The number of carbonyl (C=O) groups excluding carboxylic acids is 1. The van der Waals surface area contributed by atoms with Gasteiger partial charge in [-0.15, -0.1) is 0 Å². The van der Waals surface area contributed by atoms with E-state index in [9.17, 15) is 31.7 Å². The van der Waals surface area contributed by atoms with Gasteiger partial charge < -0.3 is 0 Å². The van der Waals surface area contributed by atoms with Gasteiger partial charge in [0.15, 0.2) is 0 Å². The summed E-state index contributed by atoms with van der Waals surface area (Å²) in [6, 6.07) is 26.8. The summed E-state index contributed by atoms with van der Waals surface area (Å²) in [5, 5.41) is 0. The molecule has 0 aliphatic carbocycles. The number of halogens is 4.